The van der Waals surface area contributed by atoms with Crippen LogP contribution in [0, 0.1) is 16.0 Å². The summed E-state index contributed by atoms with van der Waals surface area (Å²) in [5, 5.41) is 19.7. The second-order valence-electron chi connectivity index (χ2n) is 4.07. The van der Waals surface area contributed by atoms with Gasteiger partial charge in [0, 0.05) is 22.8 Å². The van der Waals surface area contributed by atoms with E-state index in [1.165, 1.54) is 30.0 Å². The summed E-state index contributed by atoms with van der Waals surface area (Å²) in [6.45, 7) is 4.11. The Morgan fingerprint density at radius 2 is 2.22 bits per heavy atom. The van der Waals surface area contributed by atoms with Crippen LogP contribution in [-0.2, 0) is 0 Å². The Morgan fingerprint density at radius 1 is 1.56 bits per heavy atom. The molecule has 0 saturated carbocycles. The third-order valence-corrected chi connectivity index (χ3v) is 4.01. The number of nitrogens with zero attached hydrogens (tertiary/aromatic N) is 1. The van der Waals surface area contributed by atoms with Crippen molar-refractivity contribution in [2.24, 2.45) is 5.92 Å². The fourth-order valence-corrected chi connectivity index (χ4v) is 2.49. The van der Waals surface area contributed by atoms with Crippen molar-refractivity contribution in [2.75, 3.05) is 5.75 Å². The minimum Gasteiger partial charge on any atom is -0.478 e. The van der Waals surface area contributed by atoms with Gasteiger partial charge in [-0.25, -0.2) is 4.79 Å². The monoisotopic (exact) mass is 269 g/mol. The Morgan fingerprint density at radius 3 is 2.72 bits per heavy atom. The van der Waals surface area contributed by atoms with Crippen LogP contribution >= 0.6 is 11.8 Å². The number of benzene rings is 1. The minimum absolute atomic E-state index is 0.0772. The van der Waals surface area contributed by atoms with E-state index < -0.39 is 10.9 Å². The highest BCUT2D eigenvalue weighted by Crippen LogP contribution is 2.29. The number of thioether (sulfide) groups is 1. The molecule has 6 heteroatoms. The van der Waals surface area contributed by atoms with Crippen molar-refractivity contribution in [3.8, 4) is 0 Å². The molecule has 1 aromatic carbocycles. The summed E-state index contributed by atoms with van der Waals surface area (Å²) in [6, 6.07) is 3.84. The Bertz CT molecular complexity index is 461. The number of nitro benzene ring substituents is 1. The third kappa shape index (κ3) is 3.73. The molecule has 0 heterocycles. The number of hydrogen-bond acceptors (Lipinski definition) is 4. The van der Waals surface area contributed by atoms with Crippen LogP contribution in [0.3, 0.4) is 0 Å². The lowest BCUT2D eigenvalue weighted by Crippen LogP contribution is -2.02. The van der Waals surface area contributed by atoms with E-state index in [0.29, 0.717) is 10.8 Å². The smallest absolute Gasteiger partial charge is 0.336 e. The molecule has 1 unspecified atom stereocenters. The molecule has 1 rings (SSSR count). The number of carbonyl (C=O) groups is 1. The molecule has 0 fully saturated rings. The van der Waals surface area contributed by atoms with Gasteiger partial charge in [0.05, 0.1) is 10.5 Å². The summed E-state index contributed by atoms with van der Waals surface area (Å²) in [5.74, 6) is 0.130. The number of hydrogen-bond donors (Lipinski definition) is 1. The van der Waals surface area contributed by atoms with Gasteiger partial charge >= 0.3 is 5.97 Å². The van der Waals surface area contributed by atoms with Crippen LogP contribution in [0.5, 0.6) is 0 Å². The van der Waals surface area contributed by atoms with Crippen LogP contribution in [0.4, 0.5) is 5.69 Å². The SMILES string of the molecule is CCC(C)CSc1cc([N+](=O)[O-])ccc1C(=O)O. The highest BCUT2D eigenvalue weighted by atomic mass is 32.2. The highest BCUT2D eigenvalue weighted by Gasteiger charge is 2.16. The van der Waals surface area contributed by atoms with E-state index in [-0.39, 0.29) is 11.3 Å². The fraction of sp³-hybridized carbons (Fsp3) is 0.417. The van der Waals surface area contributed by atoms with Crippen LogP contribution in [0.2, 0.25) is 0 Å². The average Bonchev–Trinajstić information content (AvgIpc) is 2.35. The zero-order chi connectivity index (χ0) is 13.7. The third-order valence-electron chi connectivity index (χ3n) is 2.63. The van der Waals surface area contributed by atoms with Gasteiger partial charge in [0.1, 0.15) is 0 Å². The molecule has 0 amide bonds. The topological polar surface area (TPSA) is 80.4 Å². The number of carboxylic acids is 1. The molecule has 1 aromatic rings. The van der Waals surface area contributed by atoms with Crippen molar-refractivity contribution in [1.82, 2.24) is 0 Å². The van der Waals surface area contributed by atoms with Crippen LogP contribution in [-0.4, -0.2) is 21.8 Å². The fourth-order valence-electron chi connectivity index (χ4n) is 1.27. The van der Waals surface area contributed by atoms with Gasteiger partial charge in [0.2, 0.25) is 0 Å². The summed E-state index contributed by atoms with van der Waals surface area (Å²) in [7, 11) is 0. The van der Waals surface area contributed by atoms with E-state index in [2.05, 4.69) is 13.8 Å². The summed E-state index contributed by atoms with van der Waals surface area (Å²) in [5.41, 5.74) is 0.0422. The molecule has 0 bridgehead atoms. The van der Waals surface area contributed by atoms with Gasteiger partial charge in [-0.3, -0.25) is 10.1 Å². The molecule has 0 aromatic heterocycles. The molecule has 0 aliphatic rings. The molecule has 0 aliphatic heterocycles. The molecule has 0 radical (unpaired) electrons. The van der Waals surface area contributed by atoms with Gasteiger partial charge in [0.25, 0.3) is 5.69 Å². The van der Waals surface area contributed by atoms with Crippen LogP contribution in [0.1, 0.15) is 30.6 Å². The number of rotatable bonds is 6. The van der Waals surface area contributed by atoms with Crippen molar-refractivity contribution >= 4 is 23.4 Å². The lowest BCUT2D eigenvalue weighted by molar-refractivity contribution is -0.385. The molecule has 0 saturated heterocycles. The van der Waals surface area contributed by atoms with E-state index in [9.17, 15) is 14.9 Å². The maximum Gasteiger partial charge on any atom is 0.336 e. The van der Waals surface area contributed by atoms with Gasteiger partial charge in [-0.1, -0.05) is 20.3 Å². The maximum absolute atomic E-state index is 11.0. The van der Waals surface area contributed by atoms with Gasteiger partial charge < -0.3 is 5.11 Å². The average molecular weight is 269 g/mol. The Kier molecular flexibility index (Phi) is 5.15. The number of carboxylic acid groups (broad SMARTS) is 1. The van der Waals surface area contributed by atoms with Gasteiger partial charge in [-0.2, -0.15) is 0 Å². The van der Waals surface area contributed by atoms with E-state index in [1.54, 1.807) is 0 Å². The van der Waals surface area contributed by atoms with Gasteiger partial charge in [0.15, 0.2) is 0 Å². The second-order valence-corrected chi connectivity index (χ2v) is 5.13. The predicted octanol–water partition coefficient (Wildman–Crippen LogP) is 3.43. The zero-order valence-electron chi connectivity index (χ0n) is 10.3. The van der Waals surface area contributed by atoms with Crippen LogP contribution < -0.4 is 0 Å². The first kappa shape index (κ1) is 14.5. The Hall–Kier alpha value is -1.56. The zero-order valence-corrected chi connectivity index (χ0v) is 11.1. The van der Waals surface area contributed by atoms with E-state index >= 15 is 0 Å². The molecule has 98 valence electrons. The van der Waals surface area contributed by atoms with Crippen LogP contribution in [0.25, 0.3) is 0 Å². The maximum atomic E-state index is 11.0. The lowest BCUT2D eigenvalue weighted by atomic mass is 10.2. The van der Waals surface area contributed by atoms with E-state index in [1.807, 2.05) is 0 Å². The van der Waals surface area contributed by atoms with Crippen molar-refractivity contribution < 1.29 is 14.8 Å². The standard InChI is InChI=1S/C12H15NO4S/c1-3-8(2)7-18-11-6-9(13(16)17)4-5-10(11)12(14)15/h4-6,8H,3,7H2,1-2H3,(H,14,15). The van der Waals surface area contributed by atoms with Crippen LogP contribution in [0.15, 0.2) is 23.1 Å². The molecular formula is C12H15NO4S. The summed E-state index contributed by atoms with van der Waals surface area (Å²) < 4.78 is 0. The van der Waals surface area contributed by atoms with Gasteiger partial charge in [-0.05, 0) is 12.0 Å². The van der Waals surface area contributed by atoms with Crippen molar-refractivity contribution in [1.29, 1.82) is 0 Å². The van der Waals surface area contributed by atoms with Gasteiger partial charge in [-0.15, -0.1) is 11.8 Å². The molecule has 1 atom stereocenters. The summed E-state index contributed by atoms with van der Waals surface area (Å²) in [6.07, 6.45) is 0.990. The summed E-state index contributed by atoms with van der Waals surface area (Å²) in [4.78, 5) is 21.7. The lowest BCUT2D eigenvalue weighted by Gasteiger charge is -2.09. The van der Waals surface area contributed by atoms with Crippen molar-refractivity contribution in [2.45, 2.75) is 25.2 Å². The second kappa shape index (κ2) is 6.39. The first-order valence-electron chi connectivity index (χ1n) is 5.60. The molecule has 0 aliphatic carbocycles. The molecule has 5 nitrogen and oxygen atoms in total. The Balaban J connectivity index is 3.00. The summed E-state index contributed by atoms with van der Waals surface area (Å²) >= 11 is 1.35. The number of nitro groups is 1. The first-order valence-corrected chi connectivity index (χ1v) is 6.58. The molecule has 1 N–H and O–H groups in total. The molecule has 18 heavy (non-hydrogen) atoms. The van der Waals surface area contributed by atoms with Crippen molar-refractivity contribution in [3.63, 3.8) is 0 Å². The quantitative estimate of drug-likeness (QED) is 0.486. The largest absolute Gasteiger partial charge is 0.478 e. The Labute approximate surface area is 109 Å². The van der Waals surface area contributed by atoms with E-state index in [4.69, 9.17) is 5.11 Å². The predicted molar refractivity (Wildman–Crippen MR) is 70.2 cm³/mol. The first-order chi connectivity index (χ1) is 8.45. The highest BCUT2D eigenvalue weighted by molar-refractivity contribution is 7.99. The molecular weight excluding hydrogens is 254 g/mol. The number of non-ortho nitro benzene ring substituents is 1. The van der Waals surface area contributed by atoms with Crippen molar-refractivity contribution in [3.05, 3.63) is 33.9 Å². The minimum atomic E-state index is -1.06. The molecule has 0 spiro atoms. The van der Waals surface area contributed by atoms with E-state index in [0.717, 1.165) is 12.2 Å². The number of aromatic carboxylic acids is 1. The normalized spacial score (nSPS) is 12.1.